The molecule has 3 aromatic rings. The van der Waals surface area contributed by atoms with Crippen molar-refractivity contribution in [3.8, 4) is 10.9 Å². The minimum Gasteiger partial charge on any atom is -0.465 e. The fraction of sp³-hybridized carbons (Fsp3) is 0.333. The van der Waals surface area contributed by atoms with E-state index in [1.165, 1.54) is 5.56 Å². The molecule has 1 aromatic heterocycles. The molecule has 0 atom stereocenters. The van der Waals surface area contributed by atoms with Gasteiger partial charge in [0, 0.05) is 25.7 Å². The zero-order valence-corrected chi connectivity index (χ0v) is 16.3. The van der Waals surface area contributed by atoms with Crippen LogP contribution in [-0.2, 0) is 6.42 Å². The quantitative estimate of drug-likeness (QED) is 0.646. The van der Waals surface area contributed by atoms with E-state index in [0.29, 0.717) is 5.19 Å². The second-order valence-corrected chi connectivity index (χ2v) is 8.00. The molecule has 1 fully saturated rings. The maximum Gasteiger partial charge on any atom is 0.404 e. The number of para-hydroxylation sites is 1. The Balaban J connectivity index is 1.26. The molecule has 0 aliphatic carbocycles. The van der Waals surface area contributed by atoms with Crippen molar-refractivity contribution in [1.82, 2.24) is 15.2 Å². The van der Waals surface area contributed by atoms with Crippen LogP contribution in [0.4, 0.5) is 4.79 Å². The van der Waals surface area contributed by atoms with Crippen LogP contribution in [0, 0.1) is 0 Å². The molecule has 1 saturated heterocycles. The molecule has 28 heavy (non-hydrogen) atoms. The maximum atomic E-state index is 10.7. The largest absolute Gasteiger partial charge is 0.465 e. The number of hydrogen-bond acceptors (Lipinski definition) is 5. The van der Waals surface area contributed by atoms with Crippen LogP contribution in [0.25, 0.3) is 10.2 Å². The number of nitrogens with zero attached hydrogens (tertiary/aromatic N) is 2. The van der Waals surface area contributed by atoms with E-state index in [4.69, 9.17) is 9.84 Å². The van der Waals surface area contributed by atoms with E-state index in [0.717, 1.165) is 54.9 Å². The van der Waals surface area contributed by atoms with Crippen molar-refractivity contribution in [2.45, 2.75) is 25.3 Å². The topological polar surface area (TPSA) is 74.7 Å². The van der Waals surface area contributed by atoms with Gasteiger partial charge in [0.2, 0.25) is 0 Å². The third-order valence-corrected chi connectivity index (χ3v) is 5.95. The molecule has 1 aliphatic rings. The highest BCUT2D eigenvalue weighted by Crippen LogP contribution is 2.31. The summed E-state index contributed by atoms with van der Waals surface area (Å²) in [5, 5.41) is 12.0. The standard InChI is InChI=1S/C21H23N3O3S/c25-20(26)22-16-10-13-24(14-11-16)12-9-15-5-7-17(8-6-15)27-21-23-18-3-1-2-4-19(18)28-21/h1-8,16,22H,9-14H2,(H,25,26). The van der Waals surface area contributed by atoms with E-state index in [2.05, 4.69) is 27.3 Å². The van der Waals surface area contributed by atoms with E-state index < -0.39 is 6.09 Å². The molecular formula is C21H23N3O3S. The summed E-state index contributed by atoms with van der Waals surface area (Å²) in [6, 6.07) is 16.3. The second-order valence-electron chi connectivity index (χ2n) is 7.01. The number of carbonyl (C=O) groups is 1. The summed E-state index contributed by atoms with van der Waals surface area (Å²) >= 11 is 1.55. The summed E-state index contributed by atoms with van der Waals surface area (Å²) < 4.78 is 7.02. The summed E-state index contributed by atoms with van der Waals surface area (Å²) in [5.74, 6) is 0.795. The van der Waals surface area contributed by atoms with Crippen molar-refractivity contribution in [1.29, 1.82) is 0 Å². The molecule has 2 aromatic carbocycles. The average Bonchev–Trinajstić information content (AvgIpc) is 3.10. The van der Waals surface area contributed by atoms with Crippen molar-refractivity contribution >= 4 is 27.6 Å². The molecule has 1 aliphatic heterocycles. The van der Waals surface area contributed by atoms with Crippen LogP contribution in [0.3, 0.4) is 0 Å². The van der Waals surface area contributed by atoms with Crippen LogP contribution in [0.5, 0.6) is 10.9 Å². The lowest BCUT2D eigenvalue weighted by molar-refractivity contribution is 0.169. The monoisotopic (exact) mass is 397 g/mol. The third-order valence-electron chi connectivity index (χ3n) is 5.03. The van der Waals surface area contributed by atoms with Crippen molar-refractivity contribution < 1.29 is 14.6 Å². The average molecular weight is 398 g/mol. The van der Waals surface area contributed by atoms with Gasteiger partial charge in [0.05, 0.1) is 10.2 Å². The predicted octanol–water partition coefficient (Wildman–Crippen LogP) is 4.36. The summed E-state index contributed by atoms with van der Waals surface area (Å²) in [6.07, 6.45) is 1.80. The van der Waals surface area contributed by atoms with Gasteiger partial charge in [-0.15, -0.1) is 0 Å². The number of ether oxygens (including phenoxy) is 1. The van der Waals surface area contributed by atoms with E-state index in [-0.39, 0.29) is 6.04 Å². The summed E-state index contributed by atoms with van der Waals surface area (Å²) in [6.45, 7) is 2.85. The molecule has 146 valence electrons. The van der Waals surface area contributed by atoms with E-state index in [1.807, 2.05) is 36.4 Å². The number of aromatic nitrogens is 1. The van der Waals surface area contributed by atoms with Crippen molar-refractivity contribution in [2.24, 2.45) is 0 Å². The molecule has 0 unspecified atom stereocenters. The molecule has 0 bridgehead atoms. The Kier molecular flexibility index (Phi) is 5.73. The highest BCUT2D eigenvalue weighted by atomic mass is 32.1. The van der Waals surface area contributed by atoms with E-state index >= 15 is 0 Å². The first-order chi connectivity index (χ1) is 13.7. The summed E-state index contributed by atoms with van der Waals surface area (Å²) in [5.41, 5.74) is 2.23. The number of thiazole rings is 1. The van der Waals surface area contributed by atoms with Gasteiger partial charge in [-0.25, -0.2) is 9.78 Å². The van der Waals surface area contributed by atoms with Gasteiger partial charge in [-0.05, 0) is 49.1 Å². The zero-order valence-electron chi connectivity index (χ0n) is 15.5. The molecule has 6 nitrogen and oxygen atoms in total. The number of carboxylic acid groups (broad SMARTS) is 1. The molecule has 0 spiro atoms. The molecule has 4 rings (SSSR count). The Morgan fingerprint density at radius 1 is 1.18 bits per heavy atom. The van der Waals surface area contributed by atoms with Gasteiger partial charge in [-0.3, -0.25) is 0 Å². The molecule has 2 N–H and O–H groups in total. The first-order valence-corrected chi connectivity index (χ1v) is 10.3. The minimum absolute atomic E-state index is 0.0905. The Bertz CT molecular complexity index is 900. The van der Waals surface area contributed by atoms with Gasteiger partial charge in [0.15, 0.2) is 0 Å². The Morgan fingerprint density at radius 2 is 1.93 bits per heavy atom. The second kappa shape index (κ2) is 8.58. The lowest BCUT2D eigenvalue weighted by Crippen LogP contribution is -2.44. The van der Waals surface area contributed by atoms with Gasteiger partial charge >= 0.3 is 6.09 Å². The number of likely N-dealkylation sites (tertiary alicyclic amines) is 1. The summed E-state index contributed by atoms with van der Waals surface area (Å²) in [7, 11) is 0. The van der Waals surface area contributed by atoms with E-state index in [1.54, 1.807) is 11.3 Å². The molecular weight excluding hydrogens is 374 g/mol. The van der Waals surface area contributed by atoms with Gasteiger partial charge in [-0.2, -0.15) is 0 Å². The number of hydrogen-bond donors (Lipinski definition) is 2. The fourth-order valence-corrected chi connectivity index (χ4v) is 4.32. The Morgan fingerprint density at radius 3 is 2.64 bits per heavy atom. The maximum absolute atomic E-state index is 10.7. The molecule has 0 saturated carbocycles. The van der Waals surface area contributed by atoms with Gasteiger partial charge in [0.1, 0.15) is 5.75 Å². The SMILES string of the molecule is O=C(O)NC1CCN(CCc2ccc(Oc3nc4ccccc4s3)cc2)CC1. The lowest BCUT2D eigenvalue weighted by atomic mass is 10.0. The summed E-state index contributed by atoms with van der Waals surface area (Å²) in [4.78, 5) is 17.6. The molecule has 7 heteroatoms. The number of fused-ring (bicyclic) bond motifs is 1. The number of amides is 1. The highest BCUT2D eigenvalue weighted by Gasteiger charge is 2.20. The van der Waals surface area contributed by atoms with Crippen molar-refractivity contribution in [3.05, 3.63) is 54.1 Å². The van der Waals surface area contributed by atoms with Crippen molar-refractivity contribution in [2.75, 3.05) is 19.6 Å². The minimum atomic E-state index is -0.924. The first-order valence-electron chi connectivity index (χ1n) is 9.50. The number of piperidine rings is 1. The van der Waals surface area contributed by atoms with Gasteiger partial charge in [0.25, 0.3) is 5.19 Å². The van der Waals surface area contributed by atoms with Gasteiger partial charge in [-0.1, -0.05) is 35.6 Å². The highest BCUT2D eigenvalue weighted by molar-refractivity contribution is 7.20. The normalized spacial score (nSPS) is 15.6. The van der Waals surface area contributed by atoms with Crippen molar-refractivity contribution in [3.63, 3.8) is 0 Å². The number of rotatable bonds is 6. The zero-order chi connectivity index (χ0) is 19.3. The molecule has 2 heterocycles. The third kappa shape index (κ3) is 4.79. The molecule has 1 amide bonds. The Hall–Kier alpha value is -2.64. The van der Waals surface area contributed by atoms with Crippen LogP contribution in [-0.4, -0.2) is 46.8 Å². The van der Waals surface area contributed by atoms with Gasteiger partial charge < -0.3 is 20.1 Å². The van der Waals surface area contributed by atoms with Crippen LogP contribution < -0.4 is 10.1 Å². The van der Waals surface area contributed by atoms with E-state index in [9.17, 15) is 4.79 Å². The number of nitrogens with one attached hydrogen (secondary N) is 1. The smallest absolute Gasteiger partial charge is 0.404 e. The lowest BCUT2D eigenvalue weighted by Gasteiger charge is -2.31. The first kappa shape index (κ1) is 18.7. The van der Waals surface area contributed by atoms with Crippen LogP contribution in [0.2, 0.25) is 0 Å². The Labute approximate surface area is 167 Å². The van der Waals surface area contributed by atoms with Crippen LogP contribution in [0.1, 0.15) is 18.4 Å². The van der Waals surface area contributed by atoms with Crippen LogP contribution in [0.15, 0.2) is 48.5 Å². The predicted molar refractivity (Wildman–Crippen MR) is 110 cm³/mol. The molecule has 0 radical (unpaired) electrons. The number of benzene rings is 2. The van der Waals surface area contributed by atoms with Crippen LogP contribution >= 0.6 is 11.3 Å². The fourth-order valence-electron chi connectivity index (χ4n) is 3.48.